The highest BCUT2D eigenvalue weighted by atomic mass is 16.5. The van der Waals surface area contributed by atoms with E-state index in [0.29, 0.717) is 18.1 Å². The number of nitrogens with one attached hydrogen (secondary N) is 2. The average Bonchev–Trinajstić information content (AvgIpc) is 2.83. The van der Waals surface area contributed by atoms with Crippen LogP contribution in [0, 0.1) is 11.8 Å². The molecular weight excluding hydrogens is 228 g/mol. The monoisotopic (exact) mass is 254 g/mol. The molecular formula is C14H26N2O2. The number of amides is 1. The van der Waals surface area contributed by atoms with E-state index >= 15 is 0 Å². The minimum atomic E-state index is 0.198. The first-order chi connectivity index (χ1) is 8.70. The van der Waals surface area contributed by atoms with Crippen LogP contribution in [0.5, 0.6) is 0 Å². The van der Waals surface area contributed by atoms with E-state index in [2.05, 4.69) is 24.5 Å². The second-order valence-corrected chi connectivity index (χ2v) is 5.69. The van der Waals surface area contributed by atoms with Crippen molar-refractivity contribution in [2.75, 3.05) is 19.7 Å². The van der Waals surface area contributed by atoms with Crippen molar-refractivity contribution in [3.05, 3.63) is 0 Å². The lowest BCUT2D eigenvalue weighted by Crippen LogP contribution is -2.43. The van der Waals surface area contributed by atoms with Gasteiger partial charge in [-0.3, -0.25) is 4.79 Å². The predicted molar refractivity (Wildman–Crippen MR) is 71.3 cm³/mol. The lowest BCUT2D eigenvalue weighted by atomic mass is 9.92. The smallest absolute Gasteiger partial charge is 0.223 e. The third-order valence-electron chi connectivity index (χ3n) is 4.28. The molecule has 4 nitrogen and oxygen atoms in total. The maximum atomic E-state index is 12.1. The lowest BCUT2D eigenvalue weighted by molar-refractivity contribution is -0.126. The minimum Gasteiger partial charge on any atom is -0.378 e. The molecule has 2 rings (SSSR count). The fourth-order valence-electron chi connectivity index (χ4n) is 3.12. The maximum Gasteiger partial charge on any atom is 0.223 e. The fraction of sp³-hybridized carbons (Fsp3) is 0.929. The van der Waals surface area contributed by atoms with E-state index < -0.39 is 0 Å². The van der Waals surface area contributed by atoms with Gasteiger partial charge >= 0.3 is 0 Å². The van der Waals surface area contributed by atoms with E-state index in [-0.39, 0.29) is 11.8 Å². The highest BCUT2D eigenvalue weighted by molar-refractivity contribution is 5.78. The molecule has 18 heavy (non-hydrogen) atoms. The van der Waals surface area contributed by atoms with Crippen molar-refractivity contribution in [1.82, 2.24) is 10.6 Å². The van der Waals surface area contributed by atoms with Crippen molar-refractivity contribution in [3.8, 4) is 0 Å². The average molecular weight is 254 g/mol. The van der Waals surface area contributed by atoms with Crippen LogP contribution in [0.4, 0.5) is 0 Å². The zero-order valence-electron chi connectivity index (χ0n) is 11.6. The van der Waals surface area contributed by atoms with Crippen LogP contribution in [0.25, 0.3) is 0 Å². The van der Waals surface area contributed by atoms with Gasteiger partial charge in [0, 0.05) is 31.0 Å². The topological polar surface area (TPSA) is 50.4 Å². The van der Waals surface area contributed by atoms with Crippen LogP contribution in [-0.4, -0.2) is 37.7 Å². The van der Waals surface area contributed by atoms with Crippen LogP contribution in [0.1, 0.15) is 39.5 Å². The number of hydrogen-bond acceptors (Lipinski definition) is 3. The molecule has 2 aliphatic heterocycles. The van der Waals surface area contributed by atoms with Crippen molar-refractivity contribution >= 4 is 5.91 Å². The largest absolute Gasteiger partial charge is 0.378 e. The van der Waals surface area contributed by atoms with Gasteiger partial charge in [0.25, 0.3) is 0 Å². The molecule has 4 unspecified atom stereocenters. The molecule has 0 radical (unpaired) electrons. The maximum absolute atomic E-state index is 12.1. The van der Waals surface area contributed by atoms with E-state index in [0.717, 1.165) is 45.4 Å². The third-order valence-corrected chi connectivity index (χ3v) is 4.28. The van der Waals surface area contributed by atoms with Gasteiger partial charge < -0.3 is 15.4 Å². The van der Waals surface area contributed by atoms with Gasteiger partial charge in [0.15, 0.2) is 0 Å². The predicted octanol–water partition coefficient (Wildman–Crippen LogP) is 1.31. The summed E-state index contributed by atoms with van der Waals surface area (Å²) in [7, 11) is 0. The zero-order chi connectivity index (χ0) is 13.0. The summed E-state index contributed by atoms with van der Waals surface area (Å²) in [4.78, 5) is 12.1. The first-order valence-corrected chi connectivity index (χ1v) is 7.33. The zero-order valence-corrected chi connectivity index (χ0v) is 11.6. The molecule has 104 valence electrons. The molecule has 0 aromatic rings. The molecule has 2 N–H and O–H groups in total. The Kier molecular flexibility index (Phi) is 5.01. The van der Waals surface area contributed by atoms with Crippen molar-refractivity contribution < 1.29 is 9.53 Å². The molecule has 0 aromatic carbocycles. The Bertz CT molecular complexity index is 283. The highest BCUT2D eigenvalue weighted by Crippen LogP contribution is 2.23. The van der Waals surface area contributed by atoms with E-state index in [4.69, 9.17) is 4.74 Å². The summed E-state index contributed by atoms with van der Waals surface area (Å²) in [5.41, 5.74) is 0. The summed E-state index contributed by atoms with van der Waals surface area (Å²) in [6.07, 6.45) is 4.41. The van der Waals surface area contributed by atoms with Crippen molar-refractivity contribution in [2.24, 2.45) is 11.8 Å². The van der Waals surface area contributed by atoms with E-state index in [1.165, 1.54) is 0 Å². The van der Waals surface area contributed by atoms with E-state index in [1.807, 2.05) is 0 Å². The van der Waals surface area contributed by atoms with Gasteiger partial charge in [-0.25, -0.2) is 0 Å². The Morgan fingerprint density at radius 2 is 2.28 bits per heavy atom. The van der Waals surface area contributed by atoms with Crippen LogP contribution in [0.15, 0.2) is 0 Å². The van der Waals surface area contributed by atoms with Crippen LogP contribution in [0.3, 0.4) is 0 Å². The van der Waals surface area contributed by atoms with Gasteiger partial charge in [0.1, 0.15) is 0 Å². The Labute approximate surface area is 110 Å². The summed E-state index contributed by atoms with van der Waals surface area (Å²) < 4.78 is 5.65. The summed E-state index contributed by atoms with van der Waals surface area (Å²) in [6.45, 7) is 6.90. The van der Waals surface area contributed by atoms with Crippen LogP contribution in [-0.2, 0) is 9.53 Å². The second-order valence-electron chi connectivity index (χ2n) is 5.69. The number of ether oxygens (including phenoxy) is 1. The molecule has 4 heteroatoms. The van der Waals surface area contributed by atoms with E-state index in [9.17, 15) is 4.79 Å². The number of carbonyl (C=O) groups is 1. The van der Waals surface area contributed by atoms with Gasteiger partial charge in [-0.1, -0.05) is 6.92 Å². The third kappa shape index (κ3) is 3.45. The first kappa shape index (κ1) is 13.8. The first-order valence-electron chi connectivity index (χ1n) is 7.33. The second kappa shape index (κ2) is 6.53. The molecule has 0 aromatic heterocycles. The molecule has 0 saturated carbocycles. The number of carbonyl (C=O) groups excluding carboxylic acids is 1. The molecule has 0 aliphatic carbocycles. The van der Waals surface area contributed by atoms with Crippen molar-refractivity contribution in [2.45, 2.75) is 51.7 Å². The van der Waals surface area contributed by atoms with Gasteiger partial charge in [-0.2, -0.15) is 0 Å². The summed E-state index contributed by atoms with van der Waals surface area (Å²) >= 11 is 0. The molecule has 2 saturated heterocycles. The van der Waals surface area contributed by atoms with Gasteiger partial charge in [0.2, 0.25) is 5.91 Å². The SMILES string of the molecule is CCC1OCCC1CNC(=O)C1CCNC(C)C1. The highest BCUT2D eigenvalue weighted by Gasteiger charge is 2.29. The molecule has 2 heterocycles. The van der Waals surface area contributed by atoms with Crippen LogP contribution >= 0.6 is 0 Å². The van der Waals surface area contributed by atoms with Crippen LogP contribution in [0.2, 0.25) is 0 Å². The number of rotatable bonds is 4. The van der Waals surface area contributed by atoms with Gasteiger partial charge in [-0.05, 0) is 39.2 Å². The molecule has 0 bridgehead atoms. The summed E-state index contributed by atoms with van der Waals surface area (Å²) in [5, 5.41) is 6.51. The molecule has 2 aliphatic rings. The fourth-order valence-corrected chi connectivity index (χ4v) is 3.12. The van der Waals surface area contributed by atoms with Gasteiger partial charge in [0.05, 0.1) is 6.10 Å². The van der Waals surface area contributed by atoms with Crippen molar-refractivity contribution in [3.63, 3.8) is 0 Å². The van der Waals surface area contributed by atoms with Crippen molar-refractivity contribution in [1.29, 1.82) is 0 Å². The minimum absolute atomic E-state index is 0.198. The summed E-state index contributed by atoms with van der Waals surface area (Å²) in [6, 6.07) is 0.465. The Balaban J connectivity index is 1.74. The molecule has 1 amide bonds. The lowest BCUT2D eigenvalue weighted by Gasteiger charge is -2.27. The van der Waals surface area contributed by atoms with E-state index in [1.54, 1.807) is 0 Å². The number of piperidine rings is 1. The molecule has 4 atom stereocenters. The molecule has 0 spiro atoms. The Hall–Kier alpha value is -0.610. The Morgan fingerprint density at radius 3 is 3.00 bits per heavy atom. The Morgan fingerprint density at radius 1 is 1.44 bits per heavy atom. The normalized spacial score (nSPS) is 36.6. The standard InChI is InChI=1S/C14H26N2O2/c1-3-13-12(5-7-18-13)9-16-14(17)11-4-6-15-10(2)8-11/h10-13,15H,3-9H2,1-2H3,(H,16,17). The van der Waals surface area contributed by atoms with Crippen LogP contribution < -0.4 is 10.6 Å². The quantitative estimate of drug-likeness (QED) is 0.795. The number of hydrogen-bond donors (Lipinski definition) is 2. The molecule has 2 fully saturated rings. The summed E-state index contributed by atoms with van der Waals surface area (Å²) in [5.74, 6) is 0.951. The van der Waals surface area contributed by atoms with Gasteiger partial charge in [-0.15, -0.1) is 0 Å².